The number of esters is 1. The Kier molecular flexibility index (Phi) is 3.53. The van der Waals surface area contributed by atoms with Crippen molar-refractivity contribution in [3.8, 4) is 0 Å². The number of methoxy groups -OCH3 is 1. The van der Waals surface area contributed by atoms with Crippen LogP contribution < -0.4 is 5.32 Å². The van der Waals surface area contributed by atoms with Gasteiger partial charge in [0.15, 0.2) is 0 Å². The Labute approximate surface area is 103 Å². The van der Waals surface area contributed by atoms with Crippen LogP contribution in [0.15, 0.2) is 11.7 Å². The highest BCUT2D eigenvalue weighted by Gasteiger charge is 2.08. The average molecular weight is 251 g/mol. The molecule has 0 spiro atoms. The van der Waals surface area contributed by atoms with Crippen molar-refractivity contribution in [1.82, 2.24) is 9.97 Å². The minimum Gasteiger partial charge on any atom is -0.469 e. The monoisotopic (exact) mass is 251 g/mol. The third kappa shape index (κ3) is 2.52. The fourth-order valence-electron chi connectivity index (χ4n) is 1.48. The normalized spacial score (nSPS) is 10.5. The van der Waals surface area contributed by atoms with Crippen LogP contribution in [0.2, 0.25) is 0 Å². The van der Waals surface area contributed by atoms with E-state index < -0.39 is 0 Å². The molecule has 90 valence electrons. The topological polar surface area (TPSA) is 64.1 Å². The summed E-state index contributed by atoms with van der Waals surface area (Å²) in [7, 11) is 1.38. The van der Waals surface area contributed by atoms with E-state index in [2.05, 4.69) is 20.0 Å². The Morgan fingerprint density at radius 2 is 2.35 bits per heavy atom. The van der Waals surface area contributed by atoms with Crippen molar-refractivity contribution in [2.45, 2.75) is 13.3 Å². The van der Waals surface area contributed by atoms with E-state index in [1.807, 2.05) is 12.3 Å². The number of anilines is 1. The highest BCUT2D eigenvalue weighted by Crippen LogP contribution is 2.28. The molecule has 17 heavy (non-hydrogen) atoms. The fraction of sp³-hybridized carbons (Fsp3) is 0.364. The molecule has 0 saturated carbocycles. The number of carbonyl (C=O) groups excluding carboxylic acids is 1. The zero-order chi connectivity index (χ0) is 12.3. The molecule has 0 radical (unpaired) electrons. The lowest BCUT2D eigenvalue weighted by atomic mass is 10.3. The van der Waals surface area contributed by atoms with Crippen LogP contribution in [-0.4, -0.2) is 29.6 Å². The van der Waals surface area contributed by atoms with Crippen molar-refractivity contribution in [1.29, 1.82) is 0 Å². The van der Waals surface area contributed by atoms with Crippen LogP contribution in [0.25, 0.3) is 10.2 Å². The third-order valence-corrected chi connectivity index (χ3v) is 3.47. The average Bonchev–Trinajstić information content (AvgIpc) is 2.72. The van der Waals surface area contributed by atoms with Gasteiger partial charge in [-0.15, -0.1) is 11.3 Å². The van der Waals surface area contributed by atoms with Gasteiger partial charge in [-0.1, -0.05) is 0 Å². The van der Waals surface area contributed by atoms with Gasteiger partial charge in [-0.25, -0.2) is 9.97 Å². The summed E-state index contributed by atoms with van der Waals surface area (Å²) in [6, 6.07) is 0. The SMILES string of the molecule is COC(=O)CCNc1ncnc2c(C)csc12. The number of aromatic nitrogens is 2. The van der Waals surface area contributed by atoms with Crippen LogP contribution in [0.4, 0.5) is 5.82 Å². The van der Waals surface area contributed by atoms with Gasteiger partial charge in [0.2, 0.25) is 0 Å². The number of rotatable bonds is 4. The summed E-state index contributed by atoms with van der Waals surface area (Å²) in [6.45, 7) is 2.53. The number of ether oxygens (including phenoxy) is 1. The second-order valence-electron chi connectivity index (χ2n) is 3.57. The molecular formula is C11H13N3O2S. The van der Waals surface area contributed by atoms with Crippen molar-refractivity contribution in [3.05, 3.63) is 17.3 Å². The quantitative estimate of drug-likeness (QED) is 0.842. The molecule has 2 heterocycles. The van der Waals surface area contributed by atoms with Crippen molar-refractivity contribution in [3.63, 3.8) is 0 Å². The van der Waals surface area contributed by atoms with Gasteiger partial charge in [-0.2, -0.15) is 0 Å². The Hall–Kier alpha value is -1.69. The van der Waals surface area contributed by atoms with Crippen molar-refractivity contribution in [2.24, 2.45) is 0 Å². The highest BCUT2D eigenvalue weighted by molar-refractivity contribution is 7.18. The van der Waals surface area contributed by atoms with Crippen LogP contribution in [0.3, 0.4) is 0 Å². The van der Waals surface area contributed by atoms with Gasteiger partial charge in [-0.05, 0) is 17.9 Å². The molecular weight excluding hydrogens is 238 g/mol. The van der Waals surface area contributed by atoms with Crippen LogP contribution in [0.5, 0.6) is 0 Å². The Bertz CT molecular complexity index is 538. The second-order valence-corrected chi connectivity index (χ2v) is 4.45. The van der Waals surface area contributed by atoms with Gasteiger partial charge in [0.25, 0.3) is 0 Å². The van der Waals surface area contributed by atoms with Crippen molar-refractivity contribution < 1.29 is 9.53 Å². The maximum absolute atomic E-state index is 11.0. The summed E-state index contributed by atoms with van der Waals surface area (Å²) in [5, 5.41) is 5.17. The molecule has 6 heteroatoms. The van der Waals surface area contributed by atoms with E-state index in [9.17, 15) is 4.79 Å². The summed E-state index contributed by atoms with van der Waals surface area (Å²) in [5.41, 5.74) is 2.11. The van der Waals surface area contributed by atoms with Crippen LogP contribution in [0, 0.1) is 6.92 Å². The third-order valence-electron chi connectivity index (χ3n) is 2.38. The van der Waals surface area contributed by atoms with Gasteiger partial charge in [0.1, 0.15) is 12.1 Å². The number of nitrogens with one attached hydrogen (secondary N) is 1. The van der Waals surface area contributed by atoms with E-state index >= 15 is 0 Å². The molecule has 0 unspecified atom stereocenters. The molecule has 1 N–H and O–H groups in total. The first kappa shape index (κ1) is 11.8. The molecule has 0 aliphatic rings. The summed E-state index contributed by atoms with van der Waals surface area (Å²) in [5.74, 6) is 0.544. The molecule has 0 saturated heterocycles. The number of thiophene rings is 1. The molecule has 0 aromatic carbocycles. The summed E-state index contributed by atoms with van der Waals surface area (Å²) < 4.78 is 5.59. The van der Waals surface area contributed by atoms with E-state index in [4.69, 9.17) is 0 Å². The predicted octanol–water partition coefficient (Wildman–Crippen LogP) is 1.97. The maximum Gasteiger partial charge on any atom is 0.307 e. The number of carbonyl (C=O) groups is 1. The molecule has 0 aliphatic carbocycles. The van der Waals surface area contributed by atoms with Gasteiger partial charge < -0.3 is 10.1 Å². The Morgan fingerprint density at radius 1 is 1.53 bits per heavy atom. The molecule has 2 aromatic rings. The lowest BCUT2D eigenvalue weighted by molar-refractivity contribution is -0.140. The Balaban J connectivity index is 2.11. The molecule has 2 aromatic heterocycles. The van der Waals surface area contributed by atoms with Gasteiger partial charge in [0, 0.05) is 6.54 Å². The van der Waals surface area contributed by atoms with E-state index in [1.54, 1.807) is 11.3 Å². The minimum absolute atomic E-state index is 0.231. The van der Waals surface area contributed by atoms with E-state index in [-0.39, 0.29) is 5.97 Å². The number of hydrogen-bond acceptors (Lipinski definition) is 6. The van der Waals surface area contributed by atoms with Crippen LogP contribution >= 0.6 is 11.3 Å². The van der Waals surface area contributed by atoms with E-state index in [0.717, 1.165) is 21.6 Å². The molecule has 0 fully saturated rings. The highest BCUT2D eigenvalue weighted by atomic mass is 32.1. The minimum atomic E-state index is -0.231. The lowest BCUT2D eigenvalue weighted by Gasteiger charge is -2.05. The second kappa shape index (κ2) is 5.09. The fourth-order valence-corrected chi connectivity index (χ4v) is 2.45. The van der Waals surface area contributed by atoms with Gasteiger partial charge in [0.05, 0.1) is 23.7 Å². The van der Waals surface area contributed by atoms with Crippen molar-refractivity contribution in [2.75, 3.05) is 19.0 Å². The van der Waals surface area contributed by atoms with Gasteiger partial charge >= 0.3 is 5.97 Å². The lowest BCUT2D eigenvalue weighted by Crippen LogP contribution is -2.10. The van der Waals surface area contributed by atoms with Gasteiger partial charge in [-0.3, -0.25) is 4.79 Å². The number of hydrogen-bond donors (Lipinski definition) is 1. The molecule has 5 nitrogen and oxygen atoms in total. The van der Waals surface area contributed by atoms with Crippen LogP contribution in [-0.2, 0) is 9.53 Å². The van der Waals surface area contributed by atoms with E-state index in [0.29, 0.717) is 13.0 Å². The van der Waals surface area contributed by atoms with Crippen molar-refractivity contribution >= 4 is 33.3 Å². The zero-order valence-electron chi connectivity index (χ0n) is 9.69. The van der Waals surface area contributed by atoms with Crippen LogP contribution in [0.1, 0.15) is 12.0 Å². The molecule has 0 bridgehead atoms. The molecule has 0 aliphatic heterocycles. The summed E-state index contributed by atoms with van der Waals surface area (Å²) in [6.07, 6.45) is 1.86. The number of fused-ring (bicyclic) bond motifs is 1. The summed E-state index contributed by atoms with van der Waals surface area (Å²) in [4.78, 5) is 19.4. The molecule has 2 rings (SSSR count). The Morgan fingerprint density at radius 3 is 3.12 bits per heavy atom. The smallest absolute Gasteiger partial charge is 0.307 e. The predicted molar refractivity (Wildman–Crippen MR) is 67.3 cm³/mol. The zero-order valence-corrected chi connectivity index (χ0v) is 10.5. The molecule has 0 amide bonds. The largest absolute Gasteiger partial charge is 0.469 e. The molecule has 0 atom stereocenters. The van der Waals surface area contributed by atoms with E-state index in [1.165, 1.54) is 13.4 Å². The number of aryl methyl sites for hydroxylation is 1. The first-order valence-corrected chi connectivity index (χ1v) is 6.10. The summed E-state index contributed by atoms with van der Waals surface area (Å²) >= 11 is 1.60. The maximum atomic E-state index is 11.0. The first-order valence-electron chi connectivity index (χ1n) is 5.22. The number of nitrogens with zero attached hydrogens (tertiary/aromatic N) is 2. The first-order chi connectivity index (χ1) is 8.22. The standard InChI is InChI=1S/C11H13N3O2S/c1-7-5-17-10-9(7)13-6-14-11(10)12-4-3-8(15)16-2/h5-6H,3-4H2,1-2H3,(H,12,13,14).